The zero-order chi connectivity index (χ0) is 10.6. The summed E-state index contributed by atoms with van der Waals surface area (Å²) in [7, 11) is 0. The molecule has 1 rings (SSSR count). The van der Waals surface area contributed by atoms with Crippen LogP contribution in [-0.2, 0) is 17.1 Å². The maximum Gasteiger partial charge on any atom is 0.0286 e. The lowest BCUT2D eigenvalue weighted by Gasteiger charge is -2.11. The smallest absolute Gasteiger partial charge is 0.0286 e. The minimum Gasteiger partial charge on any atom is -0.0876 e. The lowest BCUT2D eigenvalue weighted by Crippen LogP contribution is -1.95. The van der Waals surface area contributed by atoms with Crippen LogP contribution >= 0.6 is 47.8 Å². The standard InChI is InChI=1S/C11H13Br3/c1-2-3-10-9(7-13)4-8(6-12)5-11(10)14/h4-5H,2-3,6-7H2,1H3. The van der Waals surface area contributed by atoms with Crippen LogP contribution in [0.15, 0.2) is 16.6 Å². The lowest BCUT2D eigenvalue weighted by atomic mass is 10.0. The maximum absolute atomic E-state index is 3.64. The van der Waals surface area contributed by atoms with Gasteiger partial charge in [0.25, 0.3) is 0 Å². The molecule has 3 heteroatoms. The first-order valence-electron chi connectivity index (χ1n) is 4.65. The Labute approximate surface area is 111 Å². The lowest BCUT2D eigenvalue weighted by molar-refractivity contribution is 0.905. The quantitative estimate of drug-likeness (QED) is 0.626. The highest BCUT2D eigenvalue weighted by atomic mass is 79.9. The van der Waals surface area contributed by atoms with Crippen LogP contribution in [0, 0.1) is 0 Å². The summed E-state index contributed by atoms with van der Waals surface area (Å²) >= 11 is 10.7. The Morgan fingerprint density at radius 1 is 1.14 bits per heavy atom. The van der Waals surface area contributed by atoms with E-state index < -0.39 is 0 Å². The zero-order valence-corrected chi connectivity index (χ0v) is 12.9. The number of rotatable bonds is 4. The molecule has 0 bridgehead atoms. The molecule has 1 aromatic rings. The van der Waals surface area contributed by atoms with Crippen molar-refractivity contribution >= 4 is 47.8 Å². The number of benzene rings is 1. The van der Waals surface area contributed by atoms with E-state index >= 15 is 0 Å². The number of hydrogen-bond donors (Lipinski definition) is 0. The molecule has 78 valence electrons. The van der Waals surface area contributed by atoms with Crippen LogP contribution in [0.2, 0.25) is 0 Å². The third-order valence-electron chi connectivity index (χ3n) is 2.15. The monoisotopic (exact) mass is 382 g/mol. The van der Waals surface area contributed by atoms with Gasteiger partial charge >= 0.3 is 0 Å². The average molecular weight is 385 g/mol. The Kier molecular flexibility index (Phi) is 5.72. The van der Waals surface area contributed by atoms with E-state index in [1.54, 1.807) is 0 Å². The van der Waals surface area contributed by atoms with Gasteiger partial charge in [-0.2, -0.15) is 0 Å². The van der Waals surface area contributed by atoms with E-state index in [1.165, 1.54) is 27.6 Å². The van der Waals surface area contributed by atoms with Crippen molar-refractivity contribution in [3.63, 3.8) is 0 Å². The molecular weight excluding hydrogens is 372 g/mol. The van der Waals surface area contributed by atoms with E-state index in [2.05, 4.69) is 66.8 Å². The summed E-state index contributed by atoms with van der Waals surface area (Å²) in [5, 5.41) is 1.85. The highest BCUT2D eigenvalue weighted by molar-refractivity contribution is 9.10. The molecule has 0 heterocycles. The minimum absolute atomic E-state index is 0.915. The van der Waals surface area contributed by atoms with Gasteiger partial charge in [0.05, 0.1) is 0 Å². The summed E-state index contributed by atoms with van der Waals surface area (Å²) in [4.78, 5) is 0. The molecule has 0 atom stereocenters. The van der Waals surface area contributed by atoms with Crippen molar-refractivity contribution in [1.82, 2.24) is 0 Å². The summed E-state index contributed by atoms with van der Waals surface area (Å²) in [6.07, 6.45) is 2.33. The van der Waals surface area contributed by atoms with Crippen molar-refractivity contribution < 1.29 is 0 Å². The van der Waals surface area contributed by atoms with Crippen molar-refractivity contribution in [3.8, 4) is 0 Å². The largest absolute Gasteiger partial charge is 0.0876 e. The first kappa shape index (κ1) is 12.7. The van der Waals surface area contributed by atoms with Gasteiger partial charge in [0, 0.05) is 15.1 Å². The Morgan fingerprint density at radius 2 is 1.86 bits per heavy atom. The van der Waals surface area contributed by atoms with Gasteiger partial charge in [0.1, 0.15) is 0 Å². The number of hydrogen-bond acceptors (Lipinski definition) is 0. The van der Waals surface area contributed by atoms with Gasteiger partial charge in [-0.1, -0.05) is 67.2 Å². The zero-order valence-electron chi connectivity index (χ0n) is 8.12. The van der Waals surface area contributed by atoms with Gasteiger partial charge in [-0.15, -0.1) is 0 Å². The summed E-state index contributed by atoms with van der Waals surface area (Å²) in [6, 6.07) is 4.46. The van der Waals surface area contributed by atoms with Crippen LogP contribution in [0.5, 0.6) is 0 Å². The average Bonchev–Trinajstić information content (AvgIpc) is 2.20. The summed E-state index contributed by atoms with van der Waals surface area (Å²) in [6.45, 7) is 2.21. The molecule has 0 saturated heterocycles. The fourth-order valence-corrected chi connectivity index (χ4v) is 3.05. The SMILES string of the molecule is CCCc1c(Br)cc(CBr)cc1CBr. The first-order chi connectivity index (χ1) is 6.72. The van der Waals surface area contributed by atoms with E-state index in [9.17, 15) is 0 Å². The van der Waals surface area contributed by atoms with Gasteiger partial charge in [-0.3, -0.25) is 0 Å². The van der Waals surface area contributed by atoms with Crippen molar-refractivity contribution in [2.75, 3.05) is 0 Å². The van der Waals surface area contributed by atoms with E-state index in [0.29, 0.717) is 0 Å². The molecule has 0 amide bonds. The Morgan fingerprint density at radius 3 is 2.36 bits per heavy atom. The van der Waals surface area contributed by atoms with Crippen molar-refractivity contribution in [2.24, 2.45) is 0 Å². The molecule has 0 nitrogen and oxygen atoms in total. The third kappa shape index (κ3) is 3.07. The molecule has 0 radical (unpaired) electrons. The van der Waals surface area contributed by atoms with E-state index in [0.717, 1.165) is 17.1 Å². The Hall–Kier alpha value is 0.660. The Bertz CT molecular complexity index is 308. The summed E-state index contributed by atoms with van der Waals surface area (Å²) in [5.41, 5.74) is 4.16. The van der Waals surface area contributed by atoms with Crippen LogP contribution < -0.4 is 0 Å². The van der Waals surface area contributed by atoms with Crippen LogP contribution in [-0.4, -0.2) is 0 Å². The molecule has 1 aromatic carbocycles. The molecule has 0 aliphatic rings. The highest BCUT2D eigenvalue weighted by Gasteiger charge is 2.07. The van der Waals surface area contributed by atoms with E-state index in [4.69, 9.17) is 0 Å². The molecule has 0 N–H and O–H groups in total. The maximum atomic E-state index is 3.64. The first-order valence-corrected chi connectivity index (χ1v) is 7.68. The molecule has 14 heavy (non-hydrogen) atoms. The van der Waals surface area contributed by atoms with Crippen molar-refractivity contribution in [2.45, 2.75) is 30.4 Å². The fraction of sp³-hybridized carbons (Fsp3) is 0.455. The molecule has 0 saturated carbocycles. The molecule has 0 aromatic heterocycles. The third-order valence-corrected chi connectivity index (χ3v) is 4.11. The van der Waals surface area contributed by atoms with Gasteiger partial charge in [-0.25, -0.2) is 0 Å². The molecule has 0 aliphatic carbocycles. The fourth-order valence-electron chi connectivity index (χ4n) is 1.48. The molecule has 0 aliphatic heterocycles. The van der Waals surface area contributed by atoms with Crippen LogP contribution in [0.4, 0.5) is 0 Å². The molecule has 0 fully saturated rings. The second-order valence-electron chi connectivity index (χ2n) is 3.23. The van der Waals surface area contributed by atoms with Crippen molar-refractivity contribution in [3.05, 3.63) is 33.3 Å². The minimum atomic E-state index is 0.915. The number of alkyl halides is 2. The van der Waals surface area contributed by atoms with Crippen LogP contribution in [0.1, 0.15) is 30.0 Å². The second-order valence-corrected chi connectivity index (χ2v) is 5.21. The van der Waals surface area contributed by atoms with Gasteiger partial charge in [0.2, 0.25) is 0 Å². The van der Waals surface area contributed by atoms with Gasteiger partial charge in [-0.05, 0) is 29.2 Å². The predicted octanol–water partition coefficient (Wildman–Crippen LogP) is 5.19. The second kappa shape index (κ2) is 6.29. The number of halogens is 3. The molecule has 0 unspecified atom stereocenters. The normalized spacial score (nSPS) is 10.6. The summed E-state index contributed by atoms with van der Waals surface area (Å²) < 4.78 is 1.24. The van der Waals surface area contributed by atoms with Gasteiger partial charge < -0.3 is 0 Å². The van der Waals surface area contributed by atoms with Gasteiger partial charge in [0.15, 0.2) is 0 Å². The predicted molar refractivity (Wildman–Crippen MR) is 73.4 cm³/mol. The summed E-state index contributed by atoms with van der Waals surface area (Å²) in [5.74, 6) is 0. The van der Waals surface area contributed by atoms with E-state index in [1.807, 2.05) is 0 Å². The highest BCUT2D eigenvalue weighted by Crippen LogP contribution is 2.27. The Balaban J connectivity index is 3.13. The van der Waals surface area contributed by atoms with Crippen molar-refractivity contribution in [1.29, 1.82) is 0 Å². The van der Waals surface area contributed by atoms with E-state index in [-0.39, 0.29) is 0 Å². The van der Waals surface area contributed by atoms with Crippen LogP contribution in [0.25, 0.3) is 0 Å². The molecular formula is C11H13Br3. The topological polar surface area (TPSA) is 0 Å². The molecule has 0 spiro atoms. The van der Waals surface area contributed by atoms with Crippen LogP contribution in [0.3, 0.4) is 0 Å².